The molecule has 1 aliphatic heterocycles. The summed E-state index contributed by atoms with van der Waals surface area (Å²) in [7, 11) is 0. The molecule has 2 fully saturated rings. The van der Waals surface area contributed by atoms with Crippen LogP contribution in [0.2, 0.25) is 5.15 Å². The summed E-state index contributed by atoms with van der Waals surface area (Å²) < 4.78 is 5.88. The summed E-state index contributed by atoms with van der Waals surface area (Å²) in [5, 5.41) is 4.15. The highest BCUT2D eigenvalue weighted by molar-refractivity contribution is 6.29. The van der Waals surface area contributed by atoms with Gasteiger partial charge in [0.05, 0.1) is 6.04 Å². The molecule has 4 rings (SSSR count). The van der Waals surface area contributed by atoms with Gasteiger partial charge < -0.3 is 9.73 Å². The molecule has 1 saturated carbocycles. The zero-order valence-corrected chi connectivity index (χ0v) is 12.5. The van der Waals surface area contributed by atoms with Crippen LogP contribution in [-0.2, 0) is 0 Å². The Morgan fingerprint density at radius 2 is 2.11 bits per heavy atom. The number of rotatable bonds is 1. The average Bonchev–Trinajstić information content (AvgIpc) is 3.01. The first-order chi connectivity index (χ1) is 8.29. The summed E-state index contributed by atoms with van der Waals surface area (Å²) in [6.07, 6.45) is 3.91. The van der Waals surface area contributed by atoms with Crippen molar-refractivity contribution >= 4 is 47.5 Å². The largest absolute Gasteiger partial charge is 0.458 e. The van der Waals surface area contributed by atoms with Crippen LogP contribution in [0.15, 0.2) is 22.6 Å². The number of furan rings is 1. The molecule has 3 heterocycles. The molecule has 1 aliphatic carbocycles. The van der Waals surface area contributed by atoms with E-state index in [9.17, 15) is 0 Å². The third-order valence-corrected chi connectivity index (χ3v) is 4.24. The molecule has 6 heteroatoms. The zero-order valence-electron chi connectivity index (χ0n) is 10.1. The van der Waals surface area contributed by atoms with Crippen molar-refractivity contribution in [2.24, 2.45) is 5.92 Å². The maximum absolute atomic E-state index is 5.88. The molecule has 2 aromatic rings. The Balaban J connectivity index is 0.000000667. The predicted octanol–water partition coefficient (Wildman–Crippen LogP) is 4.14. The van der Waals surface area contributed by atoms with E-state index in [1.54, 1.807) is 6.07 Å². The Morgan fingerprint density at radius 1 is 1.26 bits per heavy atom. The van der Waals surface area contributed by atoms with Crippen LogP contribution < -0.4 is 5.32 Å². The van der Waals surface area contributed by atoms with Crippen LogP contribution in [0.5, 0.6) is 0 Å². The SMILES string of the molecule is Cl.Cl.Clc1ccc2oc([C@H]3N[C@@H]4CC[C@H]3C4)cc2n1. The van der Waals surface area contributed by atoms with Crippen LogP contribution in [0.3, 0.4) is 0 Å². The van der Waals surface area contributed by atoms with Crippen molar-refractivity contribution in [1.82, 2.24) is 10.3 Å². The fourth-order valence-corrected chi connectivity index (χ4v) is 3.40. The topological polar surface area (TPSA) is 38.1 Å². The normalized spacial score (nSPS) is 28.2. The van der Waals surface area contributed by atoms with Crippen molar-refractivity contribution in [1.29, 1.82) is 0 Å². The summed E-state index contributed by atoms with van der Waals surface area (Å²) in [4.78, 5) is 4.27. The van der Waals surface area contributed by atoms with Gasteiger partial charge in [0.15, 0.2) is 5.58 Å². The van der Waals surface area contributed by atoms with Crippen LogP contribution in [-0.4, -0.2) is 11.0 Å². The van der Waals surface area contributed by atoms with Crippen molar-refractivity contribution in [3.63, 3.8) is 0 Å². The second-order valence-electron chi connectivity index (χ2n) is 5.08. The minimum absolute atomic E-state index is 0. The van der Waals surface area contributed by atoms with Gasteiger partial charge in [-0.05, 0) is 37.3 Å². The number of hydrogen-bond donors (Lipinski definition) is 1. The summed E-state index contributed by atoms with van der Waals surface area (Å²) >= 11 is 5.88. The van der Waals surface area contributed by atoms with Crippen molar-refractivity contribution in [2.75, 3.05) is 0 Å². The summed E-state index contributed by atoms with van der Waals surface area (Å²) in [6, 6.07) is 6.75. The Morgan fingerprint density at radius 3 is 2.79 bits per heavy atom. The molecule has 104 valence electrons. The number of aromatic nitrogens is 1. The number of pyridine rings is 1. The molecule has 0 radical (unpaired) electrons. The molecule has 0 unspecified atom stereocenters. The standard InChI is InChI=1S/C13H13ClN2O.2ClH/c14-12-4-3-10-9(16-12)6-11(17-10)13-7-1-2-8(5-7)15-13;;/h3-4,6-8,13,15H,1-2,5H2;2*1H/t7-,8+,13-;;/m0../s1. The molecule has 2 aromatic heterocycles. The lowest BCUT2D eigenvalue weighted by molar-refractivity contribution is 0.340. The molecule has 1 N–H and O–H groups in total. The van der Waals surface area contributed by atoms with Gasteiger partial charge in [0.2, 0.25) is 0 Å². The van der Waals surface area contributed by atoms with Gasteiger partial charge in [-0.1, -0.05) is 11.6 Å². The molecule has 0 spiro atoms. The Kier molecular flexibility index (Phi) is 4.31. The number of nitrogens with zero attached hydrogens (tertiary/aromatic N) is 1. The Hall–Kier alpha value is -0.480. The highest BCUT2D eigenvalue weighted by Gasteiger charge is 2.41. The van der Waals surface area contributed by atoms with Crippen LogP contribution >= 0.6 is 36.4 Å². The molecule has 0 amide bonds. The highest BCUT2D eigenvalue weighted by atomic mass is 35.5. The highest BCUT2D eigenvalue weighted by Crippen LogP contribution is 2.44. The number of nitrogens with one attached hydrogen (secondary N) is 1. The van der Waals surface area contributed by atoms with Crippen molar-refractivity contribution in [2.45, 2.75) is 31.3 Å². The van der Waals surface area contributed by atoms with E-state index in [0.717, 1.165) is 22.8 Å². The maximum atomic E-state index is 5.88. The van der Waals surface area contributed by atoms with Crippen LogP contribution in [0.25, 0.3) is 11.1 Å². The van der Waals surface area contributed by atoms with E-state index < -0.39 is 0 Å². The second kappa shape index (κ2) is 5.49. The first kappa shape index (κ1) is 14.9. The number of fused-ring (bicyclic) bond motifs is 3. The molecule has 2 bridgehead atoms. The second-order valence-corrected chi connectivity index (χ2v) is 5.47. The van der Waals surface area contributed by atoms with E-state index in [1.807, 2.05) is 12.1 Å². The molecular weight excluding hydrogens is 307 g/mol. The van der Waals surface area contributed by atoms with E-state index in [-0.39, 0.29) is 24.8 Å². The molecular formula is C13H15Cl3N2O. The van der Waals surface area contributed by atoms with E-state index in [2.05, 4.69) is 10.3 Å². The first-order valence-corrected chi connectivity index (χ1v) is 6.49. The summed E-state index contributed by atoms with van der Waals surface area (Å²) in [5.41, 5.74) is 1.69. The van der Waals surface area contributed by atoms with Crippen molar-refractivity contribution in [3.8, 4) is 0 Å². The van der Waals surface area contributed by atoms with Gasteiger partial charge in [-0.25, -0.2) is 4.98 Å². The van der Waals surface area contributed by atoms with Gasteiger partial charge >= 0.3 is 0 Å². The summed E-state index contributed by atoms with van der Waals surface area (Å²) in [5.74, 6) is 1.75. The van der Waals surface area contributed by atoms with Crippen molar-refractivity contribution < 1.29 is 4.42 Å². The molecule has 3 atom stereocenters. The minimum atomic E-state index is 0. The number of hydrogen-bond acceptors (Lipinski definition) is 3. The summed E-state index contributed by atoms with van der Waals surface area (Å²) in [6.45, 7) is 0. The van der Waals surface area contributed by atoms with Gasteiger partial charge in [-0.2, -0.15) is 0 Å². The smallest absolute Gasteiger partial charge is 0.152 e. The molecule has 1 saturated heterocycles. The van der Waals surface area contributed by atoms with Crippen LogP contribution in [0.4, 0.5) is 0 Å². The van der Waals surface area contributed by atoms with E-state index in [4.69, 9.17) is 16.0 Å². The molecule has 3 nitrogen and oxygen atoms in total. The lowest BCUT2D eigenvalue weighted by atomic mass is 9.98. The number of piperidine rings is 1. The van der Waals surface area contributed by atoms with Crippen LogP contribution in [0.1, 0.15) is 31.1 Å². The minimum Gasteiger partial charge on any atom is -0.458 e. The first-order valence-electron chi connectivity index (χ1n) is 6.11. The van der Waals surface area contributed by atoms with E-state index >= 15 is 0 Å². The Labute approximate surface area is 128 Å². The van der Waals surface area contributed by atoms with Crippen molar-refractivity contribution in [3.05, 3.63) is 29.1 Å². The van der Waals surface area contributed by atoms with Gasteiger partial charge in [0.1, 0.15) is 16.4 Å². The fourth-order valence-electron chi connectivity index (χ4n) is 3.25. The lowest BCUT2D eigenvalue weighted by Crippen LogP contribution is -2.28. The van der Waals surface area contributed by atoms with Crippen LogP contribution in [0, 0.1) is 5.92 Å². The lowest BCUT2D eigenvalue weighted by Gasteiger charge is -2.20. The predicted molar refractivity (Wildman–Crippen MR) is 80.5 cm³/mol. The molecule has 2 aliphatic rings. The third-order valence-electron chi connectivity index (χ3n) is 4.03. The van der Waals surface area contributed by atoms with Gasteiger partial charge in [-0.3, -0.25) is 0 Å². The fraction of sp³-hybridized carbons (Fsp3) is 0.462. The molecule has 19 heavy (non-hydrogen) atoms. The van der Waals surface area contributed by atoms with Gasteiger partial charge in [0.25, 0.3) is 0 Å². The van der Waals surface area contributed by atoms with Gasteiger partial charge in [0, 0.05) is 12.1 Å². The zero-order chi connectivity index (χ0) is 11.4. The third kappa shape index (κ3) is 2.45. The van der Waals surface area contributed by atoms with Gasteiger partial charge in [-0.15, -0.1) is 24.8 Å². The maximum Gasteiger partial charge on any atom is 0.152 e. The quantitative estimate of drug-likeness (QED) is 0.802. The average molecular weight is 322 g/mol. The Bertz CT molecular complexity index is 586. The number of halogens is 3. The van der Waals surface area contributed by atoms with E-state index in [1.165, 1.54) is 19.3 Å². The molecule has 0 aromatic carbocycles. The monoisotopic (exact) mass is 320 g/mol. The van der Waals surface area contributed by atoms with E-state index in [0.29, 0.717) is 17.2 Å².